The highest BCUT2D eigenvalue weighted by molar-refractivity contribution is 6.32. The summed E-state index contributed by atoms with van der Waals surface area (Å²) < 4.78 is 5.74. The molecule has 0 aliphatic heterocycles. The van der Waals surface area contributed by atoms with Crippen LogP contribution in [0.1, 0.15) is 18.9 Å². The Kier molecular flexibility index (Phi) is 5.17. The summed E-state index contributed by atoms with van der Waals surface area (Å²) in [7, 11) is 0. The fourth-order valence-corrected chi connectivity index (χ4v) is 2.03. The third-order valence-corrected chi connectivity index (χ3v) is 3.25. The highest BCUT2D eigenvalue weighted by atomic mass is 35.5. The van der Waals surface area contributed by atoms with Crippen molar-refractivity contribution in [1.82, 2.24) is 4.98 Å². The van der Waals surface area contributed by atoms with Gasteiger partial charge in [0.05, 0.1) is 5.69 Å². The monoisotopic (exact) mass is 304 g/mol. The van der Waals surface area contributed by atoms with E-state index in [4.69, 9.17) is 16.3 Å². The normalized spacial score (nSPS) is 11.8. The Balaban J connectivity index is 2.07. The molecule has 5 heteroatoms. The number of amides is 1. The number of hydrogen-bond acceptors (Lipinski definition) is 3. The number of anilines is 1. The van der Waals surface area contributed by atoms with Crippen LogP contribution in [0.4, 0.5) is 5.69 Å². The van der Waals surface area contributed by atoms with Crippen LogP contribution < -0.4 is 10.1 Å². The van der Waals surface area contributed by atoms with Gasteiger partial charge in [-0.2, -0.15) is 0 Å². The van der Waals surface area contributed by atoms with Crippen molar-refractivity contribution in [3.63, 3.8) is 0 Å². The molecule has 0 saturated heterocycles. The zero-order valence-corrected chi connectivity index (χ0v) is 12.7. The Morgan fingerprint density at radius 2 is 2.19 bits per heavy atom. The van der Waals surface area contributed by atoms with Crippen molar-refractivity contribution in [2.75, 3.05) is 5.32 Å². The molecule has 1 unspecified atom stereocenters. The van der Waals surface area contributed by atoms with E-state index in [0.717, 1.165) is 5.56 Å². The van der Waals surface area contributed by atoms with Gasteiger partial charge in [0.2, 0.25) is 0 Å². The van der Waals surface area contributed by atoms with Crippen molar-refractivity contribution in [1.29, 1.82) is 0 Å². The second-order valence-corrected chi connectivity index (χ2v) is 5.02. The highest BCUT2D eigenvalue weighted by Crippen LogP contribution is 2.20. The number of ether oxygens (including phenoxy) is 1. The molecule has 1 N–H and O–H groups in total. The van der Waals surface area contributed by atoms with Gasteiger partial charge in [0.25, 0.3) is 5.91 Å². The second kappa shape index (κ2) is 7.09. The Morgan fingerprint density at radius 1 is 1.38 bits per heavy atom. The average molecular weight is 305 g/mol. The zero-order valence-electron chi connectivity index (χ0n) is 12.0. The van der Waals surface area contributed by atoms with Gasteiger partial charge in [-0.15, -0.1) is 0 Å². The summed E-state index contributed by atoms with van der Waals surface area (Å²) in [4.78, 5) is 16.2. The number of aromatic nitrogens is 1. The summed E-state index contributed by atoms with van der Waals surface area (Å²) in [6.45, 7) is 3.87. The van der Waals surface area contributed by atoms with Crippen molar-refractivity contribution in [2.24, 2.45) is 0 Å². The summed E-state index contributed by atoms with van der Waals surface area (Å²) in [6, 6.07) is 11.0. The Hall–Kier alpha value is -2.07. The van der Waals surface area contributed by atoms with Gasteiger partial charge in [0.1, 0.15) is 5.75 Å². The van der Waals surface area contributed by atoms with Crippen molar-refractivity contribution < 1.29 is 9.53 Å². The van der Waals surface area contributed by atoms with Crippen LogP contribution in [0, 0.1) is 6.92 Å². The standard InChI is InChI=1S/C16H17ClN2O2/c1-3-14(21-12-7-4-6-11(2)10-12)16(20)19-13-8-5-9-18-15(13)17/h4-10,14H,3H2,1-2H3,(H,19,20). The Morgan fingerprint density at radius 3 is 2.86 bits per heavy atom. The zero-order chi connectivity index (χ0) is 15.2. The summed E-state index contributed by atoms with van der Waals surface area (Å²) in [5.74, 6) is 0.434. The van der Waals surface area contributed by atoms with Gasteiger partial charge < -0.3 is 10.1 Å². The fourth-order valence-electron chi connectivity index (χ4n) is 1.87. The molecule has 0 aliphatic rings. The fraction of sp³-hybridized carbons (Fsp3) is 0.250. The third-order valence-electron chi connectivity index (χ3n) is 2.95. The number of halogens is 1. The number of carbonyl (C=O) groups is 1. The first-order valence-corrected chi connectivity index (χ1v) is 7.12. The lowest BCUT2D eigenvalue weighted by Crippen LogP contribution is -2.32. The first-order valence-electron chi connectivity index (χ1n) is 6.75. The minimum absolute atomic E-state index is 0.242. The van der Waals surface area contributed by atoms with Crippen molar-refractivity contribution in [3.05, 3.63) is 53.3 Å². The van der Waals surface area contributed by atoms with Crippen LogP contribution in [-0.4, -0.2) is 17.0 Å². The topological polar surface area (TPSA) is 51.2 Å². The number of carbonyl (C=O) groups excluding carboxylic acids is 1. The number of pyridine rings is 1. The average Bonchev–Trinajstić information content (AvgIpc) is 2.47. The molecule has 1 amide bonds. The second-order valence-electron chi connectivity index (χ2n) is 4.66. The van der Waals surface area contributed by atoms with Crippen LogP contribution in [0.15, 0.2) is 42.6 Å². The maximum atomic E-state index is 12.3. The minimum Gasteiger partial charge on any atom is -0.481 e. The molecule has 110 valence electrons. The molecule has 21 heavy (non-hydrogen) atoms. The maximum absolute atomic E-state index is 12.3. The lowest BCUT2D eigenvalue weighted by atomic mass is 10.2. The van der Waals surface area contributed by atoms with Crippen LogP contribution in [0.3, 0.4) is 0 Å². The minimum atomic E-state index is -0.580. The first-order chi connectivity index (χ1) is 10.1. The molecule has 0 bridgehead atoms. The molecular formula is C16H17ClN2O2. The molecule has 1 aromatic carbocycles. The number of hydrogen-bond donors (Lipinski definition) is 1. The van der Waals surface area contributed by atoms with Gasteiger partial charge in [-0.25, -0.2) is 4.98 Å². The smallest absolute Gasteiger partial charge is 0.265 e. The third kappa shape index (κ3) is 4.20. The van der Waals surface area contributed by atoms with E-state index in [0.29, 0.717) is 17.9 Å². The van der Waals surface area contributed by atoms with Crippen molar-refractivity contribution >= 4 is 23.2 Å². The van der Waals surface area contributed by atoms with Gasteiger partial charge in [0.15, 0.2) is 11.3 Å². The van der Waals surface area contributed by atoms with Crippen LogP contribution in [0.2, 0.25) is 5.15 Å². The van der Waals surface area contributed by atoms with E-state index < -0.39 is 6.10 Å². The molecule has 1 atom stereocenters. The SMILES string of the molecule is CCC(Oc1cccc(C)c1)C(=O)Nc1cccnc1Cl. The lowest BCUT2D eigenvalue weighted by Gasteiger charge is -2.17. The Labute approximate surface area is 129 Å². The van der Waals surface area contributed by atoms with Gasteiger partial charge in [0, 0.05) is 6.20 Å². The predicted octanol–water partition coefficient (Wildman–Crippen LogP) is 3.84. The van der Waals surface area contributed by atoms with Crippen LogP contribution in [0.5, 0.6) is 5.75 Å². The van der Waals surface area contributed by atoms with Gasteiger partial charge in [-0.1, -0.05) is 30.7 Å². The molecule has 4 nitrogen and oxygen atoms in total. The van der Waals surface area contributed by atoms with E-state index in [1.165, 1.54) is 0 Å². The van der Waals surface area contributed by atoms with Crippen LogP contribution in [-0.2, 0) is 4.79 Å². The predicted molar refractivity (Wildman–Crippen MR) is 83.8 cm³/mol. The Bertz CT molecular complexity index is 631. The van der Waals surface area contributed by atoms with Crippen LogP contribution >= 0.6 is 11.6 Å². The molecule has 0 spiro atoms. The molecule has 1 heterocycles. The van der Waals surface area contributed by atoms with E-state index in [1.807, 2.05) is 38.1 Å². The molecule has 0 saturated carbocycles. The van der Waals surface area contributed by atoms with E-state index >= 15 is 0 Å². The molecule has 2 aromatic rings. The first kappa shape index (κ1) is 15.3. The molecule has 0 radical (unpaired) electrons. The number of nitrogens with one attached hydrogen (secondary N) is 1. The largest absolute Gasteiger partial charge is 0.481 e. The summed E-state index contributed by atoms with van der Waals surface area (Å²) in [5.41, 5.74) is 1.56. The molecule has 0 fully saturated rings. The maximum Gasteiger partial charge on any atom is 0.265 e. The van der Waals surface area contributed by atoms with E-state index in [1.54, 1.807) is 18.3 Å². The quantitative estimate of drug-likeness (QED) is 0.854. The van der Waals surface area contributed by atoms with E-state index in [2.05, 4.69) is 10.3 Å². The summed E-state index contributed by atoms with van der Waals surface area (Å²) >= 11 is 5.93. The van der Waals surface area contributed by atoms with Gasteiger partial charge in [-0.05, 0) is 43.2 Å². The van der Waals surface area contributed by atoms with Gasteiger partial charge in [-0.3, -0.25) is 4.79 Å². The summed E-state index contributed by atoms with van der Waals surface area (Å²) in [5, 5.41) is 3.00. The summed E-state index contributed by atoms with van der Waals surface area (Å²) in [6.07, 6.45) is 1.54. The number of aryl methyl sites for hydroxylation is 1. The number of nitrogens with zero attached hydrogens (tertiary/aromatic N) is 1. The van der Waals surface area contributed by atoms with E-state index in [9.17, 15) is 4.79 Å². The van der Waals surface area contributed by atoms with Crippen molar-refractivity contribution in [2.45, 2.75) is 26.4 Å². The van der Waals surface area contributed by atoms with Gasteiger partial charge >= 0.3 is 0 Å². The molecule has 1 aromatic heterocycles. The number of rotatable bonds is 5. The lowest BCUT2D eigenvalue weighted by molar-refractivity contribution is -0.122. The highest BCUT2D eigenvalue weighted by Gasteiger charge is 2.19. The van der Waals surface area contributed by atoms with E-state index in [-0.39, 0.29) is 11.1 Å². The van der Waals surface area contributed by atoms with Crippen LogP contribution in [0.25, 0.3) is 0 Å². The molecule has 0 aliphatic carbocycles. The number of benzene rings is 1. The van der Waals surface area contributed by atoms with Crippen molar-refractivity contribution in [3.8, 4) is 5.75 Å². The molecule has 2 rings (SSSR count). The molecular weight excluding hydrogens is 288 g/mol.